The highest BCUT2D eigenvalue weighted by molar-refractivity contribution is 7.89. The first-order chi connectivity index (χ1) is 13.6. The van der Waals surface area contributed by atoms with Crippen molar-refractivity contribution in [3.05, 3.63) is 48.2 Å². The van der Waals surface area contributed by atoms with Gasteiger partial charge in [-0.25, -0.2) is 13.4 Å². The SMILES string of the molecule is O=S(=O)(c1ccc(NCc2ccccc2N2CCCCC2)nc1)N1CCCC1. The van der Waals surface area contributed by atoms with Crippen LogP contribution in [0.25, 0.3) is 0 Å². The molecule has 1 aromatic carbocycles. The standard InChI is InChI=1S/C21H28N4O2S/c26-28(27,25-14-6-7-15-25)19-10-11-21(23-17-19)22-16-18-8-2-3-9-20(18)24-12-4-1-5-13-24/h2-3,8-11,17H,1,4-7,12-16H2,(H,22,23). The molecule has 4 rings (SSSR count). The van der Waals surface area contributed by atoms with Crippen LogP contribution in [0.5, 0.6) is 0 Å². The minimum absolute atomic E-state index is 0.272. The van der Waals surface area contributed by atoms with Gasteiger partial charge in [0.1, 0.15) is 10.7 Å². The predicted molar refractivity (Wildman–Crippen MR) is 112 cm³/mol. The fraction of sp³-hybridized carbons (Fsp3) is 0.476. The topological polar surface area (TPSA) is 65.5 Å². The third-order valence-corrected chi connectivity index (χ3v) is 7.47. The van der Waals surface area contributed by atoms with E-state index in [2.05, 4.69) is 39.5 Å². The van der Waals surface area contributed by atoms with Crippen LogP contribution >= 0.6 is 0 Å². The number of nitrogens with zero attached hydrogens (tertiary/aromatic N) is 3. The van der Waals surface area contributed by atoms with Gasteiger partial charge in [-0.15, -0.1) is 0 Å². The smallest absolute Gasteiger partial charge is 0.244 e. The maximum atomic E-state index is 12.6. The lowest BCUT2D eigenvalue weighted by Gasteiger charge is -2.30. The second-order valence-electron chi connectivity index (χ2n) is 7.52. The molecule has 2 aliphatic rings. The van der Waals surface area contributed by atoms with E-state index in [-0.39, 0.29) is 4.90 Å². The van der Waals surface area contributed by atoms with E-state index in [0.717, 1.165) is 25.9 Å². The molecule has 2 aromatic rings. The lowest BCUT2D eigenvalue weighted by Crippen LogP contribution is -2.30. The van der Waals surface area contributed by atoms with Crippen LogP contribution < -0.4 is 10.2 Å². The van der Waals surface area contributed by atoms with Crippen molar-refractivity contribution < 1.29 is 8.42 Å². The van der Waals surface area contributed by atoms with Gasteiger partial charge in [0.05, 0.1) is 0 Å². The molecule has 0 spiro atoms. The summed E-state index contributed by atoms with van der Waals surface area (Å²) >= 11 is 0. The third-order valence-electron chi connectivity index (χ3n) is 5.59. The number of hydrogen-bond acceptors (Lipinski definition) is 5. The summed E-state index contributed by atoms with van der Waals surface area (Å²) in [6.07, 6.45) is 7.14. The van der Waals surface area contributed by atoms with Crippen LogP contribution in [0.1, 0.15) is 37.7 Å². The largest absolute Gasteiger partial charge is 0.371 e. The van der Waals surface area contributed by atoms with E-state index < -0.39 is 10.0 Å². The molecule has 2 saturated heterocycles. The molecule has 2 aliphatic heterocycles. The molecule has 2 fully saturated rings. The maximum Gasteiger partial charge on any atom is 0.244 e. The minimum Gasteiger partial charge on any atom is -0.371 e. The van der Waals surface area contributed by atoms with E-state index in [9.17, 15) is 8.42 Å². The van der Waals surface area contributed by atoms with Crippen molar-refractivity contribution in [2.75, 3.05) is 36.4 Å². The number of pyridine rings is 1. The van der Waals surface area contributed by atoms with Gasteiger partial charge in [0.15, 0.2) is 0 Å². The summed E-state index contributed by atoms with van der Waals surface area (Å²) in [7, 11) is -3.41. The molecule has 0 unspecified atom stereocenters. The average Bonchev–Trinajstić information content (AvgIpc) is 3.29. The number of hydrogen-bond donors (Lipinski definition) is 1. The third kappa shape index (κ3) is 4.15. The number of sulfonamides is 1. The highest BCUT2D eigenvalue weighted by Crippen LogP contribution is 2.25. The van der Waals surface area contributed by atoms with Crippen LogP contribution in [0.3, 0.4) is 0 Å². The van der Waals surface area contributed by atoms with E-state index in [0.29, 0.717) is 25.5 Å². The van der Waals surface area contributed by atoms with Gasteiger partial charge < -0.3 is 10.2 Å². The van der Waals surface area contributed by atoms with Crippen LogP contribution in [0.2, 0.25) is 0 Å². The Morgan fingerprint density at radius 2 is 1.61 bits per heavy atom. The fourth-order valence-corrected chi connectivity index (χ4v) is 5.47. The Hall–Kier alpha value is -2.12. The zero-order valence-electron chi connectivity index (χ0n) is 16.2. The Labute approximate surface area is 167 Å². The second-order valence-corrected chi connectivity index (χ2v) is 9.46. The number of benzene rings is 1. The quantitative estimate of drug-likeness (QED) is 0.804. The molecule has 3 heterocycles. The van der Waals surface area contributed by atoms with E-state index in [1.54, 1.807) is 16.4 Å². The number of rotatable bonds is 6. The van der Waals surface area contributed by atoms with Gasteiger partial charge in [0.2, 0.25) is 10.0 Å². The Kier molecular flexibility index (Phi) is 5.82. The average molecular weight is 401 g/mol. The van der Waals surface area contributed by atoms with Crippen molar-refractivity contribution in [3.8, 4) is 0 Å². The summed E-state index contributed by atoms with van der Waals surface area (Å²) in [6, 6.07) is 11.9. The Balaban J connectivity index is 1.43. The zero-order valence-corrected chi connectivity index (χ0v) is 17.0. The van der Waals surface area contributed by atoms with Crippen LogP contribution in [0.15, 0.2) is 47.5 Å². The molecule has 0 saturated carbocycles. The molecular formula is C21H28N4O2S. The summed E-state index contributed by atoms with van der Waals surface area (Å²) < 4.78 is 26.8. The van der Waals surface area contributed by atoms with Gasteiger partial charge in [0.25, 0.3) is 0 Å². The highest BCUT2D eigenvalue weighted by atomic mass is 32.2. The van der Waals surface area contributed by atoms with Crippen molar-refractivity contribution in [2.45, 2.75) is 43.5 Å². The first-order valence-electron chi connectivity index (χ1n) is 10.2. The first-order valence-corrected chi connectivity index (χ1v) is 11.6. The van der Waals surface area contributed by atoms with Gasteiger partial charge in [-0.3, -0.25) is 0 Å². The molecule has 0 atom stereocenters. The van der Waals surface area contributed by atoms with Crippen molar-refractivity contribution in [1.82, 2.24) is 9.29 Å². The minimum atomic E-state index is -3.41. The van der Waals surface area contributed by atoms with Gasteiger partial charge in [-0.1, -0.05) is 18.2 Å². The second kappa shape index (κ2) is 8.49. The van der Waals surface area contributed by atoms with Crippen LogP contribution in [0, 0.1) is 0 Å². The van der Waals surface area contributed by atoms with Crippen molar-refractivity contribution in [1.29, 1.82) is 0 Å². The van der Waals surface area contributed by atoms with Gasteiger partial charge in [-0.05, 0) is 55.9 Å². The highest BCUT2D eigenvalue weighted by Gasteiger charge is 2.27. The summed E-state index contributed by atoms with van der Waals surface area (Å²) in [5.41, 5.74) is 2.52. The number of anilines is 2. The molecular weight excluding hydrogens is 372 g/mol. The molecule has 7 heteroatoms. The molecule has 150 valence electrons. The van der Waals surface area contributed by atoms with Gasteiger partial charge >= 0.3 is 0 Å². The molecule has 6 nitrogen and oxygen atoms in total. The van der Waals surface area contributed by atoms with Crippen LogP contribution in [0.4, 0.5) is 11.5 Å². The number of piperidine rings is 1. The van der Waals surface area contributed by atoms with Gasteiger partial charge in [0, 0.05) is 44.6 Å². The molecule has 0 bridgehead atoms. The number of para-hydroxylation sites is 1. The maximum absolute atomic E-state index is 12.6. The number of nitrogens with one attached hydrogen (secondary N) is 1. The van der Waals surface area contributed by atoms with E-state index in [1.165, 1.54) is 36.7 Å². The zero-order chi connectivity index (χ0) is 19.4. The number of aromatic nitrogens is 1. The van der Waals surface area contributed by atoms with Crippen molar-refractivity contribution in [2.24, 2.45) is 0 Å². The molecule has 0 aliphatic carbocycles. The van der Waals surface area contributed by atoms with E-state index in [1.807, 2.05) is 0 Å². The van der Waals surface area contributed by atoms with E-state index in [4.69, 9.17) is 0 Å². The van der Waals surface area contributed by atoms with Crippen molar-refractivity contribution >= 4 is 21.5 Å². The molecule has 28 heavy (non-hydrogen) atoms. The Morgan fingerprint density at radius 3 is 2.32 bits per heavy atom. The molecule has 1 aromatic heterocycles. The summed E-state index contributed by atoms with van der Waals surface area (Å²) in [6.45, 7) is 4.10. The monoisotopic (exact) mass is 400 g/mol. The summed E-state index contributed by atoms with van der Waals surface area (Å²) in [5.74, 6) is 0.689. The summed E-state index contributed by atoms with van der Waals surface area (Å²) in [4.78, 5) is 7.07. The van der Waals surface area contributed by atoms with Gasteiger partial charge in [-0.2, -0.15) is 4.31 Å². The Bertz CT molecular complexity index is 887. The summed E-state index contributed by atoms with van der Waals surface area (Å²) in [5, 5.41) is 3.34. The molecule has 1 N–H and O–H groups in total. The molecule has 0 amide bonds. The van der Waals surface area contributed by atoms with Crippen molar-refractivity contribution in [3.63, 3.8) is 0 Å². The molecule has 0 radical (unpaired) electrons. The predicted octanol–water partition coefficient (Wildman–Crippen LogP) is 3.47. The van der Waals surface area contributed by atoms with Crippen LogP contribution in [-0.4, -0.2) is 43.9 Å². The van der Waals surface area contributed by atoms with Crippen LogP contribution in [-0.2, 0) is 16.6 Å². The Morgan fingerprint density at radius 1 is 0.893 bits per heavy atom. The van der Waals surface area contributed by atoms with E-state index >= 15 is 0 Å². The lowest BCUT2D eigenvalue weighted by molar-refractivity contribution is 0.477. The lowest BCUT2D eigenvalue weighted by atomic mass is 10.1. The fourth-order valence-electron chi connectivity index (χ4n) is 4.00. The normalized spacial score (nSPS) is 18.4. The first kappa shape index (κ1) is 19.2.